The fraction of sp³-hybridized carbons (Fsp3) is 0.417. The molecule has 1 atom stereocenters. The number of nitrogens with zero attached hydrogens (tertiary/aromatic N) is 2. The van der Waals surface area contributed by atoms with Crippen LogP contribution in [0.2, 0.25) is 0 Å². The van der Waals surface area contributed by atoms with Crippen LogP contribution < -0.4 is 4.90 Å². The van der Waals surface area contributed by atoms with E-state index in [1.165, 1.54) is 12.1 Å². The fourth-order valence-corrected chi connectivity index (χ4v) is 2.35. The summed E-state index contributed by atoms with van der Waals surface area (Å²) in [4.78, 5) is 23.3. The third-order valence-electron chi connectivity index (χ3n) is 3.31. The number of hydrogen-bond donors (Lipinski definition) is 2. The molecule has 1 fully saturated rings. The molecule has 1 aliphatic rings. The lowest BCUT2D eigenvalue weighted by Gasteiger charge is -2.18. The molecular weight excluding hydrogens is 252 g/mol. The Balaban J connectivity index is 2.43. The number of nitro benzene ring substituents is 1. The maximum absolute atomic E-state index is 11.1. The molecule has 1 aliphatic heterocycles. The summed E-state index contributed by atoms with van der Waals surface area (Å²) in [6.07, 6.45) is 0.741. The second-order valence-corrected chi connectivity index (χ2v) is 4.52. The van der Waals surface area contributed by atoms with E-state index in [9.17, 15) is 14.9 Å². The number of aliphatic hydroxyl groups excluding tert-OH is 1. The summed E-state index contributed by atoms with van der Waals surface area (Å²) in [5.74, 6) is -1.24. The van der Waals surface area contributed by atoms with Gasteiger partial charge in [0.2, 0.25) is 0 Å². The fourth-order valence-electron chi connectivity index (χ4n) is 2.35. The van der Waals surface area contributed by atoms with Crippen LogP contribution in [0.25, 0.3) is 0 Å². The lowest BCUT2D eigenvalue weighted by molar-refractivity contribution is -0.384. The Morgan fingerprint density at radius 3 is 2.79 bits per heavy atom. The highest BCUT2D eigenvalue weighted by Gasteiger charge is 2.31. The number of carboxylic acids is 1. The molecule has 0 spiro atoms. The van der Waals surface area contributed by atoms with Gasteiger partial charge in [-0.3, -0.25) is 10.1 Å². The molecule has 1 aromatic carbocycles. The Bertz CT molecular complexity index is 517. The highest BCUT2D eigenvalue weighted by molar-refractivity contribution is 5.95. The number of carbonyl (C=O) groups is 1. The van der Waals surface area contributed by atoms with E-state index in [0.717, 1.165) is 6.42 Å². The van der Waals surface area contributed by atoms with E-state index < -0.39 is 10.9 Å². The SMILES string of the molecule is O=C(O)c1cccc(N2CCC(CO)C2)c1[N+](=O)[O-]. The third-order valence-corrected chi connectivity index (χ3v) is 3.31. The molecule has 0 aliphatic carbocycles. The van der Waals surface area contributed by atoms with Crippen molar-refractivity contribution in [1.29, 1.82) is 0 Å². The zero-order valence-electron chi connectivity index (χ0n) is 10.2. The van der Waals surface area contributed by atoms with Crippen molar-refractivity contribution in [2.24, 2.45) is 5.92 Å². The zero-order chi connectivity index (χ0) is 14.0. The van der Waals surface area contributed by atoms with Gasteiger partial charge in [0, 0.05) is 25.6 Å². The lowest BCUT2D eigenvalue weighted by atomic mass is 10.1. The van der Waals surface area contributed by atoms with E-state index in [2.05, 4.69) is 0 Å². The van der Waals surface area contributed by atoms with Gasteiger partial charge >= 0.3 is 11.7 Å². The molecule has 0 saturated carbocycles. The topological polar surface area (TPSA) is 104 Å². The van der Waals surface area contributed by atoms with Crippen molar-refractivity contribution < 1.29 is 19.9 Å². The number of rotatable bonds is 4. The van der Waals surface area contributed by atoms with Crippen LogP contribution in [0.3, 0.4) is 0 Å². The van der Waals surface area contributed by atoms with Crippen molar-refractivity contribution >= 4 is 17.3 Å². The predicted octanol–water partition coefficient (Wildman–Crippen LogP) is 1.11. The maximum Gasteiger partial charge on any atom is 0.342 e. The Hall–Kier alpha value is -2.15. The Morgan fingerprint density at radius 1 is 1.53 bits per heavy atom. The van der Waals surface area contributed by atoms with Crippen LogP contribution in [0, 0.1) is 16.0 Å². The molecule has 0 bridgehead atoms. The number of hydrogen-bond acceptors (Lipinski definition) is 5. The highest BCUT2D eigenvalue weighted by atomic mass is 16.6. The van der Waals surface area contributed by atoms with Crippen LogP contribution in [0.1, 0.15) is 16.8 Å². The number of benzene rings is 1. The van der Waals surface area contributed by atoms with Crippen molar-refractivity contribution in [3.8, 4) is 0 Å². The predicted molar refractivity (Wildman–Crippen MR) is 67.5 cm³/mol. The largest absolute Gasteiger partial charge is 0.477 e. The minimum Gasteiger partial charge on any atom is -0.477 e. The zero-order valence-corrected chi connectivity index (χ0v) is 10.2. The average Bonchev–Trinajstić information content (AvgIpc) is 2.86. The normalized spacial score (nSPS) is 18.6. The molecule has 1 heterocycles. The number of anilines is 1. The number of aliphatic hydroxyl groups is 1. The quantitative estimate of drug-likeness (QED) is 0.625. The van der Waals surface area contributed by atoms with Gasteiger partial charge in [-0.15, -0.1) is 0 Å². The van der Waals surface area contributed by atoms with E-state index in [1.54, 1.807) is 11.0 Å². The van der Waals surface area contributed by atoms with Crippen LogP contribution in [-0.4, -0.2) is 40.8 Å². The number of para-hydroxylation sites is 1. The van der Waals surface area contributed by atoms with E-state index in [1.807, 2.05) is 0 Å². The summed E-state index contributed by atoms with van der Waals surface area (Å²) in [6, 6.07) is 4.27. The maximum atomic E-state index is 11.1. The van der Waals surface area contributed by atoms with Crippen LogP contribution in [-0.2, 0) is 0 Å². The minimum atomic E-state index is -1.31. The van der Waals surface area contributed by atoms with E-state index in [0.29, 0.717) is 18.8 Å². The Labute approximate surface area is 109 Å². The molecule has 0 aromatic heterocycles. The summed E-state index contributed by atoms with van der Waals surface area (Å²) in [7, 11) is 0. The molecule has 1 aromatic rings. The van der Waals surface area contributed by atoms with E-state index >= 15 is 0 Å². The van der Waals surface area contributed by atoms with Crippen LogP contribution in [0.5, 0.6) is 0 Å². The molecule has 0 radical (unpaired) electrons. The van der Waals surface area contributed by atoms with Gasteiger partial charge in [-0.1, -0.05) is 6.07 Å². The van der Waals surface area contributed by atoms with Crippen molar-refractivity contribution in [1.82, 2.24) is 0 Å². The molecular formula is C12H14N2O5. The average molecular weight is 266 g/mol. The van der Waals surface area contributed by atoms with Crippen molar-refractivity contribution in [3.05, 3.63) is 33.9 Å². The monoisotopic (exact) mass is 266 g/mol. The molecule has 102 valence electrons. The lowest BCUT2D eigenvalue weighted by Crippen LogP contribution is -2.22. The van der Waals surface area contributed by atoms with E-state index in [4.69, 9.17) is 10.2 Å². The molecule has 2 rings (SSSR count). The minimum absolute atomic E-state index is 0.0307. The van der Waals surface area contributed by atoms with Gasteiger partial charge in [0.05, 0.1) is 4.92 Å². The van der Waals surface area contributed by atoms with Gasteiger partial charge in [-0.25, -0.2) is 4.79 Å². The van der Waals surface area contributed by atoms with Gasteiger partial charge in [0.1, 0.15) is 11.3 Å². The third kappa shape index (κ3) is 2.50. The molecule has 1 saturated heterocycles. The second-order valence-electron chi connectivity index (χ2n) is 4.52. The van der Waals surface area contributed by atoms with E-state index in [-0.39, 0.29) is 23.8 Å². The first-order valence-electron chi connectivity index (χ1n) is 5.91. The molecule has 2 N–H and O–H groups in total. The first-order chi connectivity index (χ1) is 9.04. The first kappa shape index (κ1) is 13.3. The van der Waals surface area contributed by atoms with Crippen LogP contribution >= 0.6 is 0 Å². The van der Waals surface area contributed by atoms with Crippen LogP contribution in [0.4, 0.5) is 11.4 Å². The summed E-state index contributed by atoms with van der Waals surface area (Å²) in [5.41, 5.74) is -0.385. The molecule has 7 nitrogen and oxygen atoms in total. The Kier molecular flexibility index (Phi) is 3.66. The highest BCUT2D eigenvalue weighted by Crippen LogP contribution is 2.34. The van der Waals surface area contributed by atoms with Crippen molar-refractivity contribution in [3.63, 3.8) is 0 Å². The number of nitro groups is 1. The molecule has 7 heteroatoms. The Morgan fingerprint density at radius 2 is 2.26 bits per heavy atom. The van der Waals surface area contributed by atoms with Gasteiger partial charge in [-0.05, 0) is 18.6 Å². The summed E-state index contributed by atoms with van der Waals surface area (Å²) in [6.45, 7) is 1.11. The summed E-state index contributed by atoms with van der Waals surface area (Å²) in [5, 5.41) is 29.2. The smallest absolute Gasteiger partial charge is 0.342 e. The molecule has 1 unspecified atom stereocenters. The van der Waals surface area contributed by atoms with Crippen molar-refractivity contribution in [2.75, 3.05) is 24.6 Å². The summed E-state index contributed by atoms with van der Waals surface area (Å²) < 4.78 is 0. The van der Waals surface area contributed by atoms with Gasteiger partial charge in [-0.2, -0.15) is 0 Å². The summed E-state index contributed by atoms with van der Waals surface area (Å²) >= 11 is 0. The van der Waals surface area contributed by atoms with Gasteiger partial charge in [0.25, 0.3) is 0 Å². The molecule has 19 heavy (non-hydrogen) atoms. The van der Waals surface area contributed by atoms with Crippen molar-refractivity contribution in [2.45, 2.75) is 6.42 Å². The second kappa shape index (κ2) is 5.23. The molecule has 0 amide bonds. The standard InChI is InChI=1S/C12H14N2O5/c15-7-8-4-5-13(6-8)10-3-1-2-9(12(16)17)11(10)14(18)19/h1-3,8,15H,4-7H2,(H,16,17). The van der Waals surface area contributed by atoms with Gasteiger partial charge < -0.3 is 15.1 Å². The number of aromatic carboxylic acids is 1. The first-order valence-corrected chi connectivity index (χ1v) is 5.91. The number of carboxylic acid groups (broad SMARTS) is 1. The van der Waals surface area contributed by atoms with Crippen LogP contribution in [0.15, 0.2) is 18.2 Å². The van der Waals surface area contributed by atoms with Gasteiger partial charge in [0.15, 0.2) is 0 Å².